The Hall–Kier alpha value is -1.28. The molecule has 0 saturated heterocycles. The summed E-state index contributed by atoms with van der Waals surface area (Å²) in [6, 6.07) is 8.37. The van der Waals surface area contributed by atoms with E-state index < -0.39 is 0 Å². The summed E-state index contributed by atoms with van der Waals surface area (Å²) in [6.45, 7) is 12.3. The van der Waals surface area contributed by atoms with Crippen LogP contribution in [0, 0.1) is 0 Å². The predicted molar refractivity (Wildman–Crippen MR) is 99.2 cm³/mol. The summed E-state index contributed by atoms with van der Waals surface area (Å²) < 4.78 is 11.7. The Morgan fingerprint density at radius 2 is 1.83 bits per heavy atom. The maximum atomic E-state index is 5.87. The number of hydrogen-bond acceptors (Lipinski definition) is 2. The summed E-state index contributed by atoms with van der Waals surface area (Å²) in [5.41, 5.74) is 2.77. The molecule has 0 N–H and O–H groups in total. The highest BCUT2D eigenvalue weighted by Crippen LogP contribution is 2.23. The SMILES string of the molecule is CCOC(C)(CC)CCC/C(C)=C/COc1ccc(CC)cc1. The molecule has 1 aromatic rings. The molecule has 0 amide bonds. The molecule has 1 unspecified atom stereocenters. The minimum absolute atomic E-state index is 0.0343. The van der Waals surface area contributed by atoms with Gasteiger partial charge in [-0.1, -0.05) is 31.6 Å². The van der Waals surface area contributed by atoms with Crippen LogP contribution in [-0.4, -0.2) is 18.8 Å². The molecule has 2 nitrogen and oxygen atoms in total. The van der Waals surface area contributed by atoms with Gasteiger partial charge in [0.1, 0.15) is 12.4 Å². The lowest BCUT2D eigenvalue weighted by atomic mass is 9.94. The summed E-state index contributed by atoms with van der Waals surface area (Å²) in [5.74, 6) is 0.946. The Bertz CT molecular complexity index is 461. The Balaban J connectivity index is 2.31. The van der Waals surface area contributed by atoms with Gasteiger partial charge in [0, 0.05) is 6.61 Å². The molecule has 0 spiro atoms. The topological polar surface area (TPSA) is 18.5 Å². The molecule has 0 bridgehead atoms. The summed E-state index contributed by atoms with van der Waals surface area (Å²) in [6.07, 6.45) is 7.72. The first-order chi connectivity index (χ1) is 11.0. The fraction of sp³-hybridized carbons (Fsp3) is 0.619. The van der Waals surface area contributed by atoms with Crippen molar-refractivity contribution in [1.82, 2.24) is 0 Å². The molecule has 1 aromatic carbocycles. The van der Waals surface area contributed by atoms with Gasteiger partial charge in [-0.3, -0.25) is 0 Å². The highest BCUT2D eigenvalue weighted by Gasteiger charge is 2.21. The van der Waals surface area contributed by atoms with Crippen LogP contribution in [0.15, 0.2) is 35.9 Å². The molecular formula is C21H34O2. The van der Waals surface area contributed by atoms with Crippen LogP contribution in [-0.2, 0) is 11.2 Å². The van der Waals surface area contributed by atoms with E-state index in [9.17, 15) is 0 Å². The minimum Gasteiger partial charge on any atom is -0.490 e. The van der Waals surface area contributed by atoms with Crippen molar-refractivity contribution in [3.63, 3.8) is 0 Å². The van der Waals surface area contributed by atoms with Gasteiger partial charge in [-0.15, -0.1) is 0 Å². The van der Waals surface area contributed by atoms with Crippen molar-refractivity contribution in [2.75, 3.05) is 13.2 Å². The van der Waals surface area contributed by atoms with E-state index in [1.165, 1.54) is 11.1 Å². The van der Waals surface area contributed by atoms with Crippen LogP contribution in [0.3, 0.4) is 0 Å². The Kier molecular flexibility index (Phi) is 9.01. The average Bonchev–Trinajstić information content (AvgIpc) is 2.56. The standard InChI is InChI=1S/C21H34O2/c1-6-19-11-13-20(14-12-19)22-17-15-18(4)10-9-16-21(5,7-2)23-8-3/h11-15H,6-10,16-17H2,1-5H3/b18-15+. The molecule has 0 aliphatic rings. The molecule has 1 atom stereocenters. The molecule has 130 valence electrons. The van der Waals surface area contributed by atoms with Gasteiger partial charge in [0.15, 0.2) is 0 Å². The van der Waals surface area contributed by atoms with E-state index in [-0.39, 0.29) is 5.60 Å². The van der Waals surface area contributed by atoms with E-state index in [0.717, 1.165) is 44.5 Å². The smallest absolute Gasteiger partial charge is 0.119 e. The van der Waals surface area contributed by atoms with Crippen LogP contribution < -0.4 is 4.74 Å². The van der Waals surface area contributed by atoms with Crippen molar-refractivity contribution in [3.05, 3.63) is 41.5 Å². The minimum atomic E-state index is 0.0343. The number of ether oxygens (including phenoxy) is 2. The van der Waals surface area contributed by atoms with Crippen LogP contribution in [0.1, 0.15) is 65.9 Å². The number of benzene rings is 1. The van der Waals surface area contributed by atoms with Gasteiger partial charge >= 0.3 is 0 Å². The van der Waals surface area contributed by atoms with Gasteiger partial charge in [-0.05, 0) is 76.6 Å². The molecule has 1 rings (SSSR count). The Labute approximate surface area is 142 Å². The van der Waals surface area contributed by atoms with Gasteiger partial charge in [0.2, 0.25) is 0 Å². The number of allylic oxidation sites excluding steroid dienone is 1. The summed E-state index contributed by atoms with van der Waals surface area (Å²) in [5, 5.41) is 0. The molecule has 0 aliphatic heterocycles. The number of hydrogen-bond donors (Lipinski definition) is 0. The summed E-state index contributed by atoms with van der Waals surface area (Å²) in [4.78, 5) is 0. The molecule has 23 heavy (non-hydrogen) atoms. The van der Waals surface area contributed by atoms with E-state index >= 15 is 0 Å². The van der Waals surface area contributed by atoms with Gasteiger partial charge in [0.25, 0.3) is 0 Å². The monoisotopic (exact) mass is 318 g/mol. The van der Waals surface area contributed by atoms with E-state index in [1.807, 2.05) is 0 Å². The van der Waals surface area contributed by atoms with Crippen molar-refractivity contribution in [3.8, 4) is 5.75 Å². The normalized spacial score (nSPS) is 14.6. The molecule has 0 heterocycles. The summed E-state index contributed by atoms with van der Waals surface area (Å²) >= 11 is 0. The third kappa shape index (κ3) is 7.69. The van der Waals surface area contributed by atoms with Crippen molar-refractivity contribution in [1.29, 1.82) is 0 Å². The van der Waals surface area contributed by atoms with Crippen LogP contribution in [0.25, 0.3) is 0 Å². The lowest BCUT2D eigenvalue weighted by molar-refractivity contribution is -0.0348. The molecule has 0 aliphatic carbocycles. The van der Waals surface area contributed by atoms with E-state index in [1.54, 1.807) is 0 Å². The number of rotatable bonds is 11. The Morgan fingerprint density at radius 1 is 1.13 bits per heavy atom. The van der Waals surface area contributed by atoms with Crippen LogP contribution in [0.4, 0.5) is 0 Å². The van der Waals surface area contributed by atoms with Gasteiger partial charge in [-0.2, -0.15) is 0 Å². The van der Waals surface area contributed by atoms with E-state index in [0.29, 0.717) is 6.61 Å². The molecule has 0 fully saturated rings. The first kappa shape index (κ1) is 19.8. The first-order valence-electron chi connectivity index (χ1n) is 9.04. The second-order valence-electron chi connectivity index (χ2n) is 6.45. The Morgan fingerprint density at radius 3 is 2.39 bits per heavy atom. The second-order valence-corrected chi connectivity index (χ2v) is 6.45. The fourth-order valence-corrected chi connectivity index (χ4v) is 2.64. The van der Waals surface area contributed by atoms with Crippen molar-refractivity contribution < 1.29 is 9.47 Å². The van der Waals surface area contributed by atoms with Crippen LogP contribution in [0.5, 0.6) is 5.75 Å². The van der Waals surface area contributed by atoms with Crippen molar-refractivity contribution in [2.24, 2.45) is 0 Å². The fourth-order valence-electron chi connectivity index (χ4n) is 2.64. The van der Waals surface area contributed by atoms with Crippen molar-refractivity contribution in [2.45, 2.75) is 72.3 Å². The largest absolute Gasteiger partial charge is 0.490 e. The zero-order valence-electron chi connectivity index (χ0n) is 15.7. The molecule has 2 heteroatoms. The maximum Gasteiger partial charge on any atom is 0.119 e. The van der Waals surface area contributed by atoms with Gasteiger partial charge in [0.05, 0.1) is 5.60 Å². The van der Waals surface area contributed by atoms with Gasteiger partial charge in [-0.25, -0.2) is 0 Å². The summed E-state index contributed by atoms with van der Waals surface area (Å²) in [7, 11) is 0. The number of aryl methyl sites for hydroxylation is 1. The first-order valence-corrected chi connectivity index (χ1v) is 9.04. The van der Waals surface area contributed by atoms with E-state index in [2.05, 4.69) is 65.0 Å². The van der Waals surface area contributed by atoms with Crippen LogP contribution in [0.2, 0.25) is 0 Å². The average molecular weight is 319 g/mol. The van der Waals surface area contributed by atoms with Crippen molar-refractivity contribution >= 4 is 0 Å². The molecule has 0 aromatic heterocycles. The zero-order chi connectivity index (χ0) is 17.1. The predicted octanol–water partition coefficient (Wildman–Crippen LogP) is 5.95. The second kappa shape index (κ2) is 10.5. The van der Waals surface area contributed by atoms with E-state index in [4.69, 9.17) is 9.47 Å². The quantitative estimate of drug-likeness (QED) is 0.469. The third-order valence-electron chi connectivity index (χ3n) is 4.53. The molecule has 0 saturated carbocycles. The maximum absolute atomic E-state index is 5.87. The molecular weight excluding hydrogens is 284 g/mol. The molecule has 0 radical (unpaired) electrons. The highest BCUT2D eigenvalue weighted by atomic mass is 16.5. The lowest BCUT2D eigenvalue weighted by Gasteiger charge is -2.28. The van der Waals surface area contributed by atoms with Gasteiger partial charge < -0.3 is 9.47 Å². The highest BCUT2D eigenvalue weighted by molar-refractivity contribution is 5.27. The zero-order valence-corrected chi connectivity index (χ0v) is 15.7. The lowest BCUT2D eigenvalue weighted by Crippen LogP contribution is -2.27. The van der Waals surface area contributed by atoms with Crippen LogP contribution >= 0.6 is 0 Å². The third-order valence-corrected chi connectivity index (χ3v) is 4.53.